The van der Waals surface area contributed by atoms with Crippen molar-refractivity contribution >= 4 is 33.2 Å². The lowest BCUT2D eigenvalue weighted by Gasteiger charge is -2.07. The molecule has 0 unspecified atom stereocenters. The minimum Gasteiger partial charge on any atom is -0.397 e. The molecule has 2 aromatic rings. The summed E-state index contributed by atoms with van der Waals surface area (Å²) in [5.41, 5.74) is 8.32. The van der Waals surface area contributed by atoms with Crippen LogP contribution >= 0.6 is 15.9 Å². The van der Waals surface area contributed by atoms with Crippen LogP contribution in [0.15, 0.2) is 29.1 Å². The van der Waals surface area contributed by atoms with Gasteiger partial charge >= 0.3 is 0 Å². The zero-order chi connectivity index (χ0) is 13.3. The molecule has 0 aliphatic carbocycles. The van der Waals surface area contributed by atoms with Crippen molar-refractivity contribution in [2.45, 2.75) is 6.92 Å². The predicted octanol–water partition coefficient (Wildman–Crippen LogP) is 2.33. The van der Waals surface area contributed by atoms with Crippen LogP contribution in [0.2, 0.25) is 0 Å². The van der Waals surface area contributed by atoms with E-state index in [0.717, 1.165) is 10.2 Å². The Morgan fingerprint density at radius 1 is 1.50 bits per heavy atom. The molecule has 6 heteroatoms. The van der Waals surface area contributed by atoms with Crippen LogP contribution in [-0.4, -0.2) is 15.5 Å². The molecule has 0 bridgehead atoms. The Hall–Kier alpha value is -1.82. The van der Waals surface area contributed by atoms with Gasteiger partial charge in [-0.1, -0.05) is 0 Å². The molecule has 0 aromatic carbocycles. The molecule has 0 aliphatic rings. The molecule has 2 aromatic heterocycles. The number of nitrogen functional groups attached to an aromatic ring is 1. The van der Waals surface area contributed by atoms with E-state index in [9.17, 15) is 4.79 Å². The molecule has 3 N–H and O–H groups in total. The monoisotopic (exact) mass is 308 g/mol. The summed E-state index contributed by atoms with van der Waals surface area (Å²) in [6.45, 7) is 1.91. The molecular weight excluding hydrogens is 296 g/mol. The normalized spacial score (nSPS) is 10.4. The molecule has 0 atom stereocenters. The van der Waals surface area contributed by atoms with Crippen molar-refractivity contribution in [3.63, 3.8) is 0 Å². The van der Waals surface area contributed by atoms with E-state index >= 15 is 0 Å². The van der Waals surface area contributed by atoms with Crippen LogP contribution in [0, 0.1) is 6.92 Å². The van der Waals surface area contributed by atoms with Gasteiger partial charge in [-0.2, -0.15) is 0 Å². The van der Waals surface area contributed by atoms with Crippen LogP contribution in [0.25, 0.3) is 0 Å². The van der Waals surface area contributed by atoms with Crippen molar-refractivity contribution in [3.05, 3.63) is 40.4 Å². The number of nitrogens with one attached hydrogen (secondary N) is 1. The van der Waals surface area contributed by atoms with E-state index in [1.807, 2.05) is 13.0 Å². The Bertz CT molecular complexity index is 606. The Labute approximate surface area is 113 Å². The number of rotatable bonds is 2. The zero-order valence-corrected chi connectivity index (χ0v) is 11.7. The summed E-state index contributed by atoms with van der Waals surface area (Å²) in [6.07, 6.45) is 3.29. The summed E-state index contributed by atoms with van der Waals surface area (Å²) in [5.74, 6) is -0.210. The molecule has 0 radical (unpaired) electrons. The van der Waals surface area contributed by atoms with Gasteiger partial charge in [0.25, 0.3) is 5.91 Å². The second-order valence-electron chi connectivity index (χ2n) is 4.06. The quantitative estimate of drug-likeness (QED) is 0.836. The third-order valence-electron chi connectivity index (χ3n) is 2.53. The van der Waals surface area contributed by atoms with Crippen LogP contribution in [-0.2, 0) is 7.05 Å². The predicted molar refractivity (Wildman–Crippen MR) is 74.5 cm³/mol. The van der Waals surface area contributed by atoms with Crippen molar-refractivity contribution in [2.75, 3.05) is 11.1 Å². The first kappa shape index (κ1) is 12.6. The molecule has 94 valence electrons. The molecular formula is C12H13BrN4O. The summed E-state index contributed by atoms with van der Waals surface area (Å²) in [5, 5.41) is 2.78. The minimum atomic E-state index is -0.210. The highest BCUT2D eigenvalue weighted by atomic mass is 79.9. The van der Waals surface area contributed by atoms with E-state index < -0.39 is 0 Å². The lowest BCUT2D eigenvalue weighted by atomic mass is 10.3. The number of amides is 1. The minimum absolute atomic E-state index is 0.210. The Morgan fingerprint density at radius 3 is 2.78 bits per heavy atom. The molecule has 5 nitrogen and oxygen atoms in total. The fourth-order valence-electron chi connectivity index (χ4n) is 1.64. The Morgan fingerprint density at radius 2 is 2.22 bits per heavy atom. The molecule has 2 rings (SSSR count). The number of hydrogen-bond donors (Lipinski definition) is 2. The summed E-state index contributed by atoms with van der Waals surface area (Å²) >= 11 is 3.31. The molecule has 2 heterocycles. The van der Waals surface area contributed by atoms with Crippen LogP contribution in [0.3, 0.4) is 0 Å². The number of carbonyl (C=O) groups excluding carboxylic acids is 1. The van der Waals surface area contributed by atoms with Gasteiger partial charge in [-0.05, 0) is 40.5 Å². The SMILES string of the molecule is Cc1cc(NC(=O)c2cc(N)cn2C)cnc1Br. The molecule has 0 aliphatic heterocycles. The van der Waals surface area contributed by atoms with Gasteiger partial charge in [0.1, 0.15) is 10.3 Å². The number of aryl methyl sites for hydroxylation is 2. The third-order valence-corrected chi connectivity index (χ3v) is 3.36. The van der Waals surface area contributed by atoms with E-state index in [0.29, 0.717) is 17.1 Å². The molecule has 0 spiro atoms. The standard InChI is InChI=1S/C12H13BrN4O/c1-7-3-9(5-15-11(7)13)16-12(18)10-4-8(14)6-17(10)2/h3-6H,14H2,1-2H3,(H,16,18). The van der Waals surface area contributed by atoms with Crippen molar-refractivity contribution in [2.24, 2.45) is 7.05 Å². The summed E-state index contributed by atoms with van der Waals surface area (Å²) in [6, 6.07) is 3.48. The largest absolute Gasteiger partial charge is 0.397 e. The van der Waals surface area contributed by atoms with Crippen molar-refractivity contribution in [1.29, 1.82) is 0 Å². The van der Waals surface area contributed by atoms with E-state index in [2.05, 4.69) is 26.2 Å². The van der Waals surface area contributed by atoms with Gasteiger partial charge in [0.05, 0.1) is 17.6 Å². The zero-order valence-electron chi connectivity index (χ0n) is 10.1. The van der Waals surface area contributed by atoms with Crippen LogP contribution in [0.1, 0.15) is 16.1 Å². The van der Waals surface area contributed by atoms with Crippen LogP contribution in [0.5, 0.6) is 0 Å². The second-order valence-corrected chi connectivity index (χ2v) is 4.81. The number of carbonyl (C=O) groups is 1. The van der Waals surface area contributed by atoms with Crippen LogP contribution in [0.4, 0.5) is 11.4 Å². The first-order valence-corrected chi connectivity index (χ1v) is 6.12. The average Bonchev–Trinajstić information content (AvgIpc) is 2.63. The highest BCUT2D eigenvalue weighted by molar-refractivity contribution is 9.10. The van der Waals surface area contributed by atoms with Gasteiger partial charge in [0, 0.05) is 13.2 Å². The maximum atomic E-state index is 12.0. The van der Waals surface area contributed by atoms with E-state index in [4.69, 9.17) is 5.73 Å². The average molecular weight is 309 g/mol. The first-order chi connectivity index (χ1) is 8.47. The fourth-order valence-corrected chi connectivity index (χ4v) is 1.85. The van der Waals surface area contributed by atoms with E-state index in [-0.39, 0.29) is 5.91 Å². The highest BCUT2D eigenvalue weighted by Gasteiger charge is 2.11. The number of anilines is 2. The molecule has 0 saturated carbocycles. The van der Waals surface area contributed by atoms with Gasteiger partial charge in [0.15, 0.2) is 0 Å². The molecule has 18 heavy (non-hydrogen) atoms. The van der Waals surface area contributed by atoms with Gasteiger partial charge in [-0.15, -0.1) is 0 Å². The molecule has 0 saturated heterocycles. The topological polar surface area (TPSA) is 72.9 Å². The molecule has 1 amide bonds. The number of nitrogens with zero attached hydrogens (tertiary/aromatic N) is 2. The maximum Gasteiger partial charge on any atom is 0.272 e. The number of halogens is 1. The van der Waals surface area contributed by atoms with Crippen molar-refractivity contribution in [1.82, 2.24) is 9.55 Å². The summed E-state index contributed by atoms with van der Waals surface area (Å²) < 4.78 is 2.45. The lowest BCUT2D eigenvalue weighted by molar-refractivity contribution is 0.101. The third kappa shape index (κ3) is 2.53. The van der Waals surface area contributed by atoms with Gasteiger partial charge in [0.2, 0.25) is 0 Å². The smallest absolute Gasteiger partial charge is 0.272 e. The Kier molecular flexibility index (Phi) is 3.38. The molecule has 0 fully saturated rings. The number of aromatic nitrogens is 2. The fraction of sp³-hybridized carbons (Fsp3) is 0.167. The van der Waals surface area contributed by atoms with Gasteiger partial charge in [-0.3, -0.25) is 4.79 Å². The summed E-state index contributed by atoms with van der Waals surface area (Å²) in [7, 11) is 1.77. The lowest BCUT2D eigenvalue weighted by Crippen LogP contribution is -2.15. The van der Waals surface area contributed by atoms with Crippen molar-refractivity contribution < 1.29 is 4.79 Å². The van der Waals surface area contributed by atoms with Crippen LogP contribution < -0.4 is 11.1 Å². The maximum absolute atomic E-state index is 12.0. The van der Waals surface area contributed by atoms with Gasteiger partial charge in [-0.25, -0.2) is 4.98 Å². The van der Waals surface area contributed by atoms with Crippen molar-refractivity contribution in [3.8, 4) is 0 Å². The Balaban J connectivity index is 2.21. The summed E-state index contributed by atoms with van der Waals surface area (Å²) in [4.78, 5) is 16.1. The number of hydrogen-bond acceptors (Lipinski definition) is 3. The first-order valence-electron chi connectivity index (χ1n) is 5.32. The number of nitrogens with two attached hydrogens (primary N) is 1. The van der Waals surface area contributed by atoms with Gasteiger partial charge < -0.3 is 15.6 Å². The highest BCUT2D eigenvalue weighted by Crippen LogP contribution is 2.18. The number of pyridine rings is 1. The van der Waals surface area contributed by atoms with E-state index in [1.54, 1.807) is 30.1 Å². The van der Waals surface area contributed by atoms with E-state index in [1.165, 1.54) is 0 Å². The second kappa shape index (κ2) is 4.81.